The molecule has 5 rings (SSSR count). The monoisotopic (exact) mass is 398 g/mol. The summed E-state index contributed by atoms with van der Waals surface area (Å²) in [6.45, 7) is 3.87. The van der Waals surface area contributed by atoms with Gasteiger partial charge in [0.1, 0.15) is 6.04 Å². The molecule has 0 N–H and O–H groups in total. The minimum atomic E-state index is 0.187. The van der Waals surface area contributed by atoms with Crippen molar-refractivity contribution in [2.24, 2.45) is 10.9 Å². The van der Waals surface area contributed by atoms with Crippen molar-refractivity contribution in [3.8, 4) is 0 Å². The molecule has 0 bridgehead atoms. The maximum absolute atomic E-state index is 13.0. The number of carbonyl (C=O) groups excluding carboxylic acids is 1. The SMILES string of the molecule is CC1C[C@H](c2ccc(C3C=N3)c3ncccc23)CN(C(=O)CCc2cccnc2)C1. The standard InChI is InChI=1S/C25H26N4O/c1-17-12-19(16-29(15-17)24(30)9-6-18-4-2-10-26-13-18)20-7-8-22(23-14-28-23)25-21(20)5-3-11-27-25/h2-5,7-8,10-11,13-14,17,19,23H,6,9,12,15-16H2,1H3/t17?,19-,23?/m0/s1. The van der Waals surface area contributed by atoms with E-state index in [1.807, 2.05) is 36.8 Å². The summed E-state index contributed by atoms with van der Waals surface area (Å²) in [5.74, 6) is 1.04. The highest BCUT2D eigenvalue weighted by Gasteiger charge is 2.30. The Kier molecular flexibility index (Phi) is 5.03. The molecule has 2 aliphatic heterocycles. The fraction of sp³-hybridized carbons (Fsp3) is 0.360. The fourth-order valence-electron chi connectivity index (χ4n) is 4.75. The first-order chi connectivity index (χ1) is 14.7. The minimum absolute atomic E-state index is 0.187. The third-order valence-electron chi connectivity index (χ3n) is 6.25. The van der Waals surface area contributed by atoms with E-state index >= 15 is 0 Å². The Labute approximate surface area is 176 Å². The number of aryl methyl sites for hydroxylation is 1. The lowest BCUT2D eigenvalue weighted by Crippen LogP contribution is -2.42. The zero-order valence-electron chi connectivity index (χ0n) is 17.2. The lowest BCUT2D eigenvalue weighted by atomic mass is 9.83. The van der Waals surface area contributed by atoms with Crippen molar-refractivity contribution in [2.75, 3.05) is 13.1 Å². The molecule has 0 saturated carbocycles. The maximum Gasteiger partial charge on any atom is 0.222 e. The highest BCUT2D eigenvalue weighted by atomic mass is 16.2. The van der Waals surface area contributed by atoms with Gasteiger partial charge in [0.15, 0.2) is 0 Å². The Morgan fingerprint density at radius 3 is 2.73 bits per heavy atom. The maximum atomic E-state index is 13.0. The first-order valence-corrected chi connectivity index (χ1v) is 10.8. The van der Waals surface area contributed by atoms with E-state index in [2.05, 4.69) is 45.0 Å². The summed E-state index contributed by atoms with van der Waals surface area (Å²) < 4.78 is 0. The molecule has 1 amide bonds. The number of nitrogens with zero attached hydrogens (tertiary/aromatic N) is 4. The van der Waals surface area contributed by atoms with Crippen molar-refractivity contribution in [3.63, 3.8) is 0 Å². The molecule has 0 aliphatic carbocycles. The topological polar surface area (TPSA) is 58.5 Å². The largest absolute Gasteiger partial charge is 0.342 e. The molecule has 1 saturated heterocycles. The van der Waals surface area contributed by atoms with E-state index in [0.29, 0.717) is 18.3 Å². The van der Waals surface area contributed by atoms with Gasteiger partial charge in [0.25, 0.3) is 0 Å². The van der Waals surface area contributed by atoms with Gasteiger partial charge in [-0.25, -0.2) is 0 Å². The summed E-state index contributed by atoms with van der Waals surface area (Å²) in [4.78, 5) is 28.2. The second-order valence-electron chi connectivity index (χ2n) is 8.58. The van der Waals surface area contributed by atoms with Crippen LogP contribution in [0.2, 0.25) is 0 Å². The number of benzene rings is 1. The lowest BCUT2D eigenvalue weighted by Gasteiger charge is -2.37. The number of rotatable bonds is 5. The first-order valence-electron chi connectivity index (χ1n) is 10.8. The van der Waals surface area contributed by atoms with Crippen molar-refractivity contribution in [2.45, 2.75) is 38.1 Å². The Balaban J connectivity index is 1.36. The number of hydrogen-bond donors (Lipinski definition) is 0. The van der Waals surface area contributed by atoms with Crippen molar-refractivity contribution in [3.05, 3.63) is 71.7 Å². The van der Waals surface area contributed by atoms with Crippen molar-refractivity contribution < 1.29 is 4.79 Å². The molecular formula is C25H26N4O. The van der Waals surface area contributed by atoms with Crippen molar-refractivity contribution >= 4 is 23.0 Å². The van der Waals surface area contributed by atoms with E-state index in [-0.39, 0.29) is 11.9 Å². The van der Waals surface area contributed by atoms with E-state index in [1.54, 1.807) is 6.20 Å². The molecule has 3 atom stereocenters. The minimum Gasteiger partial charge on any atom is -0.342 e. The van der Waals surface area contributed by atoms with Gasteiger partial charge in [-0.05, 0) is 42.0 Å². The summed E-state index contributed by atoms with van der Waals surface area (Å²) >= 11 is 0. The van der Waals surface area contributed by atoms with Gasteiger partial charge in [0, 0.05) is 61.2 Å². The van der Waals surface area contributed by atoms with Gasteiger partial charge in [-0.15, -0.1) is 0 Å². The predicted octanol–water partition coefficient (Wildman–Crippen LogP) is 4.34. The number of amides is 1. The average Bonchev–Trinajstić information content (AvgIpc) is 3.62. The van der Waals surface area contributed by atoms with Crippen LogP contribution >= 0.6 is 0 Å². The van der Waals surface area contributed by atoms with E-state index in [0.717, 1.165) is 37.0 Å². The molecule has 2 unspecified atom stereocenters. The number of likely N-dealkylation sites (tertiary alicyclic amines) is 1. The molecule has 4 heterocycles. The summed E-state index contributed by atoms with van der Waals surface area (Å²) in [5.41, 5.74) is 4.65. The molecule has 0 spiro atoms. The number of pyridine rings is 2. The van der Waals surface area contributed by atoms with Crippen LogP contribution in [0.1, 0.15) is 48.4 Å². The highest BCUT2D eigenvalue weighted by Crippen LogP contribution is 2.38. The number of fused-ring (bicyclic) bond motifs is 1. The highest BCUT2D eigenvalue weighted by molar-refractivity contribution is 5.92. The Hall–Kier alpha value is -3.08. The molecule has 3 aromatic rings. The van der Waals surface area contributed by atoms with E-state index in [1.165, 1.54) is 16.5 Å². The molecule has 152 valence electrons. The second kappa shape index (κ2) is 7.98. The van der Waals surface area contributed by atoms with Crippen LogP contribution in [0.5, 0.6) is 0 Å². The molecule has 1 fully saturated rings. The summed E-state index contributed by atoms with van der Waals surface area (Å²) in [7, 11) is 0. The van der Waals surface area contributed by atoms with E-state index < -0.39 is 0 Å². The number of aliphatic imine (C=N–C) groups is 1. The molecule has 0 radical (unpaired) electrons. The normalized spacial score (nSPS) is 23.0. The Morgan fingerprint density at radius 2 is 1.93 bits per heavy atom. The summed E-state index contributed by atoms with van der Waals surface area (Å²) in [6.07, 6.45) is 9.80. The molecule has 1 aromatic carbocycles. The lowest BCUT2D eigenvalue weighted by molar-refractivity contribution is -0.133. The van der Waals surface area contributed by atoms with Gasteiger partial charge in [-0.2, -0.15) is 0 Å². The van der Waals surface area contributed by atoms with Gasteiger partial charge in [0.2, 0.25) is 5.91 Å². The van der Waals surface area contributed by atoms with Crippen molar-refractivity contribution in [1.82, 2.24) is 14.9 Å². The second-order valence-corrected chi connectivity index (χ2v) is 8.58. The number of aromatic nitrogens is 2. The molecule has 5 nitrogen and oxygen atoms in total. The summed E-state index contributed by atoms with van der Waals surface area (Å²) in [5, 5.41) is 1.20. The quantitative estimate of drug-likeness (QED) is 0.642. The smallest absolute Gasteiger partial charge is 0.222 e. The van der Waals surface area contributed by atoms with Crippen molar-refractivity contribution in [1.29, 1.82) is 0 Å². The van der Waals surface area contributed by atoms with E-state index in [4.69, 9.17) is 0 Å². The predicted molar refractivity (Wildman–Crippen MR) is 119 cm³/mol. The van der Waals surface area contributed by atoms with Crippen LogP contribution in [0.4, 0.5) is 0 Å². The van der Waals surface area contributed by atoms with Crippen LogP contribution < -0.4 is 0 Å². The van der Waals surface area contributed by atoms with Gasteiger partial charge in [-0.3, -0.25) is 19.8 Å². The third-order valence-corrected chi connectivity index (χ3v) is 6.25. The first kappa shape index (κ1) is 18.9. The molecule has 30 heavy (non-hydrogen) atoms. The third kappa shape index (κ3) is 3.84. The molecule has 2 aromatic heterocycles. The van der Waals surface area contributed by atoms with Gasteiger partial charge < -0.3 is 4.90 Å². The van der Waals surface area contributed by atoms with Crippen LogP contribution in [0, 0.1) is 5.92 Å². The molecule has 5 heteroatoms. The van der Waals surface area contributed by atoms with Gasteiger partial charge in [-0.1, -0.05) is 31.2 Å². The molecule has 2 aliphatic rings. The molecular weight excluding hydrogens is 372 g/mol. The Morgan fingerprint density at radius 1 is 1.10 bits per heavy atom. The van der Waals surface area contributed by atoms with Crippen LogP contribution in [-0.4, -0.2) is 40.1 Å². The summed E-state index contributed by atoms with van der Waals surface area (Å²) in [6, 6.07) is 12.7. The van der Waals surface area contributed by atoms with E-state index in [9.17, 15) is 4.79 Å². The zero-order valence-corrected chi connectivity index (χ0v) is 17.2. The van der Waals surface area contributed by atoms with Crippen LogP contribution in [0.3, 0.4) is 0 Å². The van der Waals surface area contributed by atoms with Gasteiger partial charge >= 0.3 is 0 Å². The fourth-order valence-corrected chi connectivity index (χ4v) is 4.75. The average molecular weight is 399 g/mol. The van der Waals surface area contributed by atoms with Crippen LogP contribution in [-0.2, 0) is 11.2 Å². The Bertz CT molecular complexity index is 1090. The van der Waals surface area contributed by atoms with Gasteiger partial charge in [0.05, 0.1) is 5.52 Å². The van der Waals surface area contributed by atoms with Crippen LogP contribution in [0.15, 0.2) is 60.0 Å². The number of hydrogen-bond acceptors (Lipinski definition) is 4. The zero-order chi connectivity index (χ0) is 20.5. The number of carbonyl (C=O) groups is 1. The van der Waals surface area contributed by atoms with Crippen LogP contribution in [0.25, 0.3) is 10.9 Å². The number of piperidine rings is 1.